The average Bonchev–Trinajstić information content (AvgIpc) is 2.59. The molecule has 1 rings (SSSR count). The number of ether oxygens (including phenoxy) is 3. The van der Waals surface area contributed by atoms with Crippen LogP contribution in [0, 0.1) is 0 Å². The number of aliphatic imine (C=N–C) groups is 1. The zero-order valence-electron chi connectivity index (χ0n) is 15.5. The summed E-state index contributed by atoms with van der Waals surface area (Å²) in [7, 11) is 4.61. The van der Waals surface area contributed by atoms with E-state index in [1.807, 2.05) is 13.0 Å². The molecule has 0 saturated heterocycles. The minimum absolute atomic E-state index is 0.321. The third-order valence-corrected chi connectivity index (χ3v) is 3.48. The minimum atomic E-state index is -4.21. The molecule has 0 saturated carbocycles. The van der Waals surface area contributed by atoms with Crippen molar-refractivity contribution in [2.45, 2.75) is 25.9 Å². The number of nitrogens with one attached hydrogen (secondary N) is 2. The molecule has 0 radical (unpaired) electrons. The van der Waals surface area contributed by atoms with Crippen LogP contribution in [0.5, 0.6) is 17.2 Å². The fraction of sp³-hybridized carbons (Fsp3) is 0.588. The number of rotatable bonds is 9. The van der Waals surface area contributed by atoms with Crippen molar-refractivity contribution in [1.29, 1.82) is 0 Å². The summed E-state index contributed by atoms with van der Waals surface area (Å²) in [6.45, 7) is 2.54. The highest BCUT2D eigenvalue weighted by Crippen LogP contribution is 2.39. The fourth-order valence-electron chi connectivity index (χ4n) is 2.31. The lowest BCUT2D eigenvalue weighted by Gasteiger charge is -2.16. The molecule has 9 heteroatoms. The van der Waals surface area contributed by atoms with Crippen molar-refractivity contribution in [3.8, 4) is 17.2 Å². The van der Waals surface area contributed by atoms with E-state index in [4.69, 9.17) is 14.2 Å². The molecule has 0 fully saturated rings. The number of alkyl halides is 3. The molecule has 0 amide bonds. The van der Waals surface area contributed by atoms with Gasteiger partial charge in [0.25, 0.3) is 0 Å². The SMILES string of the molecule is CCNC(=NCCC(F)(F)F)NCCc1ccc(OC)c(OC)c1OC. The molecule has 0 aliphatic heterocycles. The van der Waals surface area contributed by atoms with Gasteiger partial charge < -0.3 is 24.8 Å². The first-order chi connectivity index (χ1) is 12.4. The van der Waals surface area contributed by atoms with Crippen LogP contribution >= 0.6 is 0 Å². The number of hydrogen-bond donors (Lipinski definition) is 2. The topological polar surface area (TPSA) is 64.1 Å². The number of guanidine groups is 1. The fourth-order valence-corrected chi connectivity index (χ4v) is 2.31. The van der Waals surface area contributed by atoms with Crippen LogP contribution in [0.15, 0.2) is 17.1 Å². The molecule has 6 nitrogen and oxygen atoms in total. The molecule has 148 valence electrons. The van der Waals surface area contributed by atoms with Crippen LogP contribution in [0.2, 0.25) is 0 Å². The Balaban J connectivity index is 2.73. The van der Waals surface area contributed by atoms with Crippen molar-refractivity contribution in [3.63, 3.8) is 0 Å². The summed E-state index contributed by atoms with van der Waals surface area (Å²) in [5, 5.41) is 5.94. The zero-order valence-corrected chi connectivity index (χ0v) is 15.5. The van der Waals surface area contributed by atoms with E-state index in [1.54, 1.807) is 13.2 Å². The van der Waals surface area contributed by atoms with Gasteiger partial charge in [-0.3, -0.25) is 4.99 Å². The van der Waals surface area contributed by atoms with Crippen molar-refractivity contribution in [1.82, 2.24) is 10.6 Å². The lowest BCUT2D eigenvalue weighted by Crippen LogP contribution is -2.38. The first kappa shape index (κ1) is 21.7. The Morgan fingerprint density at radius 2 is 1.73 bits per heavy atom. The third-order valence-electron chi connectivity index (χ3n) is 3.48. The van der Waals surface area contributed by atoms with Crippen LogP contribution in [0.25, 0.3) is 0 Å². The average molecular weight is 377 g/mol. The van der Waals surface area contributed by atoms with Crippen LogP contribution in [0.4, 0.5) is 13.2 Å². The molecule has 0 spiro atoms. The van der Waals surface area contributed by atoms with E-state index in [2.05, 4.69) is 15.6 Å². The Bertz CT molecular complexity index is 593. The van der Waals surface area contributed by atoms with Crippen LogP contribution in [0.1, 0.15) is 18.9 Å². The highest BCUT2D eigenvalue weighted by atomic mass is 19.4. The minimum Gasteiger partial charge on any atom is -0.493 e. The van der Waals surface area contributed by atoms with Crippen molar-refractivity contribution in [3.05, 3.63) is 17.7 Å². The lowest BCUT2D eigenvalue weighted by atomic mass is 10.1. The van der Waals surface area contributed by atoms with Gasteiger partial charge in [-0.1, -0.05) is 6.07 Å². The first-order valence-corrected chi connectivity index (χ1v) is 8.23. The van der Waals surface area contributed by atoms with Gasteiger partial charge in [-0.15, -0.1) is 0 Å². The lowest BCUT2D eigenvalue weighted by molar-refractivity contribution is -0.132. The number of hydrogen-bond acceptors (Lipinski definition) is 4. The monoisotopic (exact) mass is 377 g/mol. The maximum Gasteiger partial charge on any atom is 0.390 e. The normalized spacial score (nSPS) is 11.9. The van der Waals surface area contributed by atoms with E-state index in [-0.39, 0.29) is 6.54 Å². The van der Waals surface area contributed by atoms with Gasteiger partial charge in [0.05, 0.1) is 34.3 Å². The van der Waals surface area contributed by atoms with E-state index in [0.717, 1.165) is 5.56 Å². The Morgan fingerprint density at radius 3 is 2.27 bits per heavy atom. The Kier molecular flexibility index (Phi) is 8.87. The predicted octanol–water partition coefficient (Wildman–Crippen LogP) is 2.76. The smallest absolute Gasteiger partial charge is 0.390 e. The van der Waals surface area contributed by atoms with E-state index >= 15 is 0 Å². The molecule has 0 bridgehead atoms. The molecule has 2 N–H and O–H groups in total. The molecule has 1 aromatic carbocycles. The predicted molar refractivity (Wildman–Crippen MR) is 94.5 cm³/mol. The van der Waals surface area contributed by atoms with Crippen molar-refractivity contribution in [2.75, 3.05) is 41.0 Å². The Labute approximate surface area is 151 Å². The van der Waals surface area contributed by atoms with Gasteiger partial charge in [0, 0.05) is 18.7 Å². The molecule has 1 aromatic rings. The van der Waals surface area contributed by atoms with E-state index in [0.29, 0.717) is 42.7 Å². The van der Waals surface area contributed by atoms with E-state index in [9.17, 15) is 13.2 Å². The first-order valence-electron chi connectivity index (χ1n) is 8.23. The molecular formula is C17H26F3N3O3. The quantitative estimate of drug-likeness (QED) is 0.512. The molecule has 26 heavy (non-hydrogen) atoms. The second kappa shape index (κ2) is 10.6. The van der Waals surface area contributed by atoms with Crippen LogP contribution in [-0.2, 0) is 6.42 Å². The molecule has 0 heterocycles. The van der Waals surface area contributed by atoms with Gasteiger partial charge in [-0.05, 0) is 19.4 Å². The summed E-state index contributed by atoms with van der Waals surface area (Å²) in [6.07, 6.45) is -4.60. The zero-order chi connectivity index (χ0) is 19.6. The molecular weight excluding hydrogens is 351 g/mol. The van der Waals surface area contributed by atoms with Gasteiger partial charge in [0.2, 0.25) is 5.75 Å². The highest BCUT2D eigenvalue weighted by Gasteiger charge is 2.26. The van der Waals surface area contributed by atoms with Gasteiger partial charge in [-0.25, -0.2) is 0 Å². The number of nitrogens with zero attached hydrogens (tertiary/aromatic N) is 1. The standard InChI is InChI=1S/C17H26F3N3O3/c1-5-21-16(23-11-9-17(18,19)20)22-10-8-12-6-7-13(24-2)15(26-4)14(12)25-3/h6-7H,5,8-11H2,1-4H3,(H2,21,22,23). The molecule has 0 unspecified atom stereocenters. The number of methoxy groups -OCH3 is 3. The van der Waals surface area contributed by atoms with Gasteiger partial charge >= 0.3 is 6.18 Å². The summed E-state index contributed by atoms with van der Waals surface area (Å²) in [5.41, 5.74) is 0.879. The van der Waals surface area contributed by atoms with Crippen molar-refractivity contribution in [2.24, 2.45) is 4.99 Å². The van der Waals surface area contributed by atoms with E-state index < -0.39 is 12.6 Å². The van der Waals surface area contributed by atoms with E-state index in [1.165, 1.54) is 14.2 Å². The molecule has 0 aromatic heterocycles. The second-order valence-corrected chi connectivity index (χ2v) is 5.30. The number of benzene rings is 1. The second-order valence-electron chi connectivity index (χ2n) is 5.30. The third kappa shape index (κ3) is 6.89. The van der Waals surface area contributed by atoms with Crippen molar-refractivity contribution >= 4 is 5.96 Å². The summed E-state index contributed by atoms with van der Waals surface area (Å²) in [4.78, 5) is 3.93. The Hall–Kier alpha value is -2.32. The molecule has 0 atom stereocenters. The van der Waals surface area contributed by atoms with Gasteiger partial charge in [0.1, 0.15) is 0 Å². The molecule has 0 aliphatic rings. The van der Waals surface area contributed by atoms with Crippen LogP contribution < -0.4 is 24.8 Å². The maximum atomic E-state index is 12.2. The van der Waals surface area contributed by atoms with Gasteiger partial charge in [0.15, 0.2) is 17.5 Å². The van der Waals surface area contributed by atoms with Crippen LogP contribution in [-0.4, -0.2) is 53.1 Å². The number of halogens is 3. The van der Waals surface area contributed by atoms with Crippen LogP contribution in [0.3, 0.4) is 0 Å². The maximum absolute atomic E-state index is 12.2. The van der Waals surface area contributed by atoms with Gasteiger partial charge in [-0.2, -0.15) is 13.2 Å². The highest BCUT2D eigenvalue weighted by molar-refractivity contribution is 5.79. The largest absolute Gasteiger partial charge is 0.493 e. The summed E-state index contributed by atoms with van der Waals surface area (Å²) >= 11 is 0. The summed E-state index contributed by atoms with van der Waals surface area (Å²) in [5.74, 6) is 1.96. The van der Waals surface area contributed by atoms with Crippen molar-refractivity contribution < 1.29 is 27.4 Å². The molecule has 0 aliphatic carbocycles. The Morgan fingerprint density at radius 1 is 1.04 bits per heavy atom. The summed E-state index contributed by atoms with van der Waals surface area (Å²) in [6, 6.07) is 3.63. The summed E-state index contributed by atoms with van der Waals surface area (Å²) < 4.78 is 52.7.